The Labute approximate surface area is 107 Å². The predicted octanol–water partition coefficient (Wildman–Crippen LogP) is 0.938. The third-order valence-corrected chi connectivity index (χ3v) is 3.42. The standard InChI is InChI=1S/C10H15IN2O3/c1-7(5-8(6-11)16-2)13-4-3-9(14)12-10(13)15/h3-4,7-8H,5-6H2,1-2H3,(H,12,14,15)/t7?,8-/m0/s1. The molecular weight excluding hydrogens is 323 g/mol. The quantitative estimate of drug-likeness (QED) is 0.642. The summed E-state index contributed by atoms with van der Waals surface area (Å²) < 4.78 is 7.65. The minimum Gasteiger partial charge on any atom is -0.381 e. The van der Waals surface area contributed by atoms with Gasteiger partial charge >= 0.3 is 5.69 Å². The Morgan fingerprint density at radius 1 is 1.56 bits per heavy atom. The highest BCUT2D eigenvalue weighted by atomic mass is 127. The molecule has 1 aromatic heterocycles. The van der Waals surface area contributed by atoms with Crippen molar-refractivity contribution in [2.45, 2.75) is 25.5 Å². The molecule has 6 heteroatoms. The number of hydrogen-bond acceptors (Lipinski definition) is 3. The van der Waals surface area contributed by atoms with E-state index in [2.05, 4.69) is 27.6 Å². The van der Waals surface area contributed by atoms with Gasteiger partial charge in [-0.3, -0.25) is 14.3 Å². The summed E-state index contributed by atoms with van der Waals surface area (Å²) in [6, 6.07) is 1.35. The van der Waals surface area contributed by atoms with E-state index in [1.54, 1.807) is 7.11 Å². The van der Waals surface area contributed by atoms with Crippen LogP contribution in [0.25, 0.3) is 0 Å². The average molecular weight is 338 g/mol. The van der Waals surface area contributed by atoms with Crippen molar-refractivity contribution in [3.8, 4) is 0 Å². The molecule has 0 aliphatic heterocycles. The molecule has 0 aliphatic carbocycles. The molecule has 0 saturated carbocycles. The summed E-state index contributed by atoms with van der Waals surface area (Å²) in [5.41, 5.74) is -0.742. The topological polar surface area (TPSA) is 64.1 Å². The van der Waals surface area contributed by atoms with E-state index in [4.69, 9.17) is 4.74 Å². The van der Waals surface area contributed by atoms with Crippen LogP contribution in [0.1, 0.15) is 19.4 Å². The number of hydrogen-bond donors (Lipinski definition) is 1. The molecule has 16 heavy (non-hydrogen) atoms. The largest absolute Gasteiger partial charge is 0.381 e. The Morgan fingerprint density at radius 3 is 2.75 bits per heavy atom. The number of aromatic nitrogens is 2. The first-order chi connectivity index (χ1) is 7.58. The molecular formula is C10H15IN2O3. The molecule has 90 valence electrons. The zero-order valence-corrected chi connectivity index (χ0v) is 11.4. The summed E-state index contributed by atoms with van der Waals surface area (Å²) >= 11 is 2.25. The molecule has 0 spiro atoms. The van der Waals surface area contributed by atoms with E-state index in [9.17, 15) is 9.59 Å². The van der Waals surface area contributed by atoms with Gasteiger partial charge in [-0.1, -0.05) is 22.6 Å². The molecule has 1 aromatic rings. The number of rotatable bonds is 5. The highest BCUT2D eigenvalue weighted by Gasteiger charge is 2.13. The van der Waals surface area contributed by atoms with Gasteiger partial charge in [0.05, 0.1) is 6.10 Å². The van der Waals surface area contributed by atoms with Gasteiger partial charge in [0.25, 0.3) is 5.56 Å². The van der Waals surface area contributed by atoms with E-state index in [1.165, 1.54) is 16.8 Å². The molecule has 5 nitrogen and oxygen atoms in total. The fourth-order valence-electron chi connectivity index (χ4n) is 1.49. The van der Waals surface area contributed by atoms with Gasteiger partial charge in [-0.25, -0.2) is 4.79 Å². The first kappa shape index (κ1) is 13.4. The first-order valence-corrected chi connectivity index (χ1v) is 6.51. The second-order valence-corrected chi connectivity index (χ2v) is 4.49. The minimum atomic E-state index is -0.372. The Morgan fingerprint density at radius 2 is 2.25 bits per heavy atom. The molecule has 2 atom stereocenters. The number of H-pyrrole nitrogens is 1. The van der Waals surface area contributed by atoms with Crippen LogP contribution in [-0.2, 0) is 4.74 Å². The van der Waals surface area contributed by atoms with Crippen molar-refractivity contribution in [1.29, 1.82) is 0 Å². The van der Waals surface area contributed by atoms with Crippen molar-refractivity contribution >= 4 is 22.6 Å². The van der Waals surface area contributed by atoms with Crippen molar-refractivity contribution in [2.75, 3.05) is 11.5 Å². The van der Waals surface area contributed by atoms with Crippen LogP contribution < -0.4 is 11.2 Å². The van der Waals surface area contributed by atoms with Crippen molar-refractivity contribution in [2.24, 2.45) is 0 Å². The fourth-order valence-corrected chi connectivity index (χ4v) is 2.21. The van der Waals surface area contributed by atoms with E-state index >= 15 is 0 Å². The van der Waals surface area contributed by atoms with Crippen LogP contribution >= 0.6 is 22.6 Å². The van der Waals surface area contributed by atoms with Crippen LogP contribution in [-0.4, -0.2) is 27.2 Å². The summed E-state index contributed by atoms with van der Waals surface area (Å²) in [6.45, 7) is 1.93. The predicted molar refractivity (Wildman–Crippen MR) is 70.3 cm³/mol. The van der Waals surface area contributed by atoms with Crippen molar-refractivity contribution in [3.05, 3.63) is 33.1 Å². The van der Waals surface area contributed by atoms with Gasteiger partial charge in [0, 0.05) is 29.8 Å². The van der Waals surface area contributed by atoms with Gasteiger partial charge in [-0.15, -0.1) is 0 Å². The van der Waals surface area contributed by atoms with Gasteiger partial charge in [0.1, 0.15) is 0 Å². The number of nitrogens with one attached hydrogen (secondary N) is 1. The summed E-state index contributed by atoms with van der Waals surface area (Å²) in [5, 5.41) is 0. The molecule has 0 aliphatic rings. The third kappa shape index (κ3) is 3.44. The van der Waals surface area contributed by atoms with E-state index < -0.39 is 0 Å². The lowest BCUT2D eigenvalue weighted by Crippen LogP contribution is -2.32. The van der Waals surface area contributed by atoms with Gasteiger partial charge < -0.3 is 4.74 Å². The smallest absolute Gasteiger partial charge is 0.328 e. The third-order valence-electron chi connectivity index (χ3n) is 2.44. The second kappa shape index (κ2) is 6.19. The lowest BCUT2D eigenvalue weighted by atomic mass is 10.1. The number of halogens is 1. The maximum Gasteiger partial charge on any atom is 0.328 e. The van der Waals surface area contributed by atoms with E-state index in [1.807, 2.05) is 6.92 Å². The summed E-state index contributed by atoms with van der Waals surface area (Å²) in [5.74, 6) is 0. The molecule has 1 N–H and O–H groups in total. The average Bonchev–Trinajstić information content (AvgIpc) is 2.25. The van der Waals surface area contributed by atoms with Crippen LogP contribution in [0.15, 0.2) is 21.9 Å². The maximum atomic E-state index is 11.5. The van der Waals surface area contributed by atoms with Crippen molar-refractivity contribution in [3.63, 3.8) is 0 Å². The Balaban J connectivity index is 2.84. The molecule has 1 heterocycles. The highest BCUT2D eigenvalue weighted by molar-refractivity contribution is 14.1. The van der Waals surface area contributed by atoms with Crippen LogP contribution in [0, 0.1) is 0 Å². The van der Waals surface area contributed by atoms with E-state index in [-0.39, 0.29) is 23.4 Å². The number of ether oxygens (including phenoxy) is 1. The van der Waals surface area contributed by atoms with Crippen LogP contribution in [0.3, 0.4) is 0 Å². The molecule has 0 bridgehead atoms. The molecule has 1 unspecified atom stereocenters. The lowest BCUT2D eigenvalue weighted by Gasteiger charge is -2.19. The highest BCUT2D eigenvalue weighted by Crippen LogP contribution is 2.13. The second-order valence-electron chi connectivity index (χ2n) is 3.61. The molecule has 0 fully saturated rings. The maximum absolute atomic E-state index is 11.5. The number of nitrogens with zero attached hydrogens (tertiary/aromatic N) is 1. The molecule has 0 saturated heterocycles. The van der Waals surface area contributed by atoms with Crippen molar-refractivity contribution in [1.82, 2.24) is 9.55 Å². The van der Waals surface area contributed by atoms with Gasteiger partial charge in [0.15, 0.2) is 0 Å². The summed E-state index contributed by atoms with van der Waals surface area (Å²) in [6.07, 6.45) is 2.38. The Hall–Kier alpha value is -0.630. The van der Waals surface area contributed by atoms with Gasteiger partial charge in [-0.05, 0) is 13.3 Å². The normalized spacial score (nSPS) is 14.7. The summed E-state index contributed by atoms with van der Waals surface area (Å²) in [7, 11) is 1.66. The first-order valence-electron chi connectivity index (χ1n) is 4.98. The molecule has 1 rings (SSSR count). The van der Waals surface area contributed by atoms with Gasteiger partial charge in [0.2, 0.25) is 0 Å². The number of aromatic amines is 1. The Bertz CT molecular complexity index is 436. The van der Waals surface area contributed by atoms with E-state index in [0.717, 1.165) is 10.8 Å². The minimum absolute atomic E-state index is 0.00376. The van der Waals surface area contributed by atoms with Crippen LogP contribution in [0.4, 0.5) is 0 Å². The zero-order valence-electron chi connectivity index (χ0n) is 9.27. The van der Waals surface area contributed by atoms with E-state index in [0.29, 0.717) is 0 Å². The van der Waals surface area contributed by atoms with Crippen LogP contribution in [0.5, 0.6) is 0 Å². The monoisotopic (exact) mass is 338 g/mol. The van der Waals surface area contributed by atoms with Gasteiger partial charge in [-0.2, -0.15) is 0 Å². The lowest BCUT2D eigenvalue weighted by molar-refractivity contribution is 0.104. The molecule has 0 radical (unpaired) electrons. The SMILES string of the molecule is CO[C@H](CI)CC(C)n1ccc(=O)[nH]c1=O. The number of alkyl halides is 1. The summed E-state index contributed by atoms with van der Waals surface area (Å²) in [4.78, 5) is 24.6. The number of methoxy groups -OCH3 is 1. The zero-order chi connectivity index (χ0) is 12.1. The Kier molecular flexibility index (Phi) is 5.20. The van der Waals surface area contributed by atoms with Crippen molar-refractivity contribution < 1.29 is 4.74 Å². The molecule has 0 amide bonds. The van der Waals surface area contributed by atoms with Crippen LogP contribution in [0.2, 0.25) is 0 Å². The molecule has 0 aromatic carbocycles. The fraction of sp³-hybridized carbons (Fsp3) is 0.600.